The number of carbonyl (C=O) groups excluding carboxylic acids is 2. The van der Waals surface area contributed by atoms with Gasteiger partial charge in [0.15, 0.2) is 5.78 Å². The molecule has 3 aromatic carbocycles. The SMILES string of the molecule is Cc1cc(C(=O)c2ccccc2)ccc1OC(=O)c1ccc(Cl)cc1. The third-order valence-electron chi connectivity index (χ3n) is 3.76. The van der Waals surface area contributed by atoms with Crippen LogP contribution in [0.5, 0.6) is 5.75 Å². The summed E-state index contributed by atoms with van der Waals surface area (Å²) in [4.78, 5) is 24.7. The van der Waals surface area contributed by atoms with Gasteiger partial charge in [-0.25, -0.2) is 4.79 Å². The van der Waals surface area contributed by atoms with Crippen LogP contribution in [-0.4, -0.2) is 11.8 Å². The van der Waals surface area contributed by atoms with Gasteiger partial charge in [-0.1, -0.05) is 41.9 Å². The fourth-order valence-electron chi connectivity index (χ4n) is 2.41. The van der Waals surface area contributed by atoms with Gasteiger partial charge in [-0.15, -0.1) is 0 Å². The van der Waals surface area contributed by atoms with Gasteiger partial charge < -0.3 is 4.74 Å². The first-order valence-corrected chi connectivity index (χ1v) is 8.10. The van der Waals surface area contributed by atoms with Crippen molar-refractivity contribution in [3.05, 3.63) is 100 Å². The molecule has 3 rings (SSSR count). The second-order valence-corrected chi connectivity index (χ2v) is 6.01. The number of aryl methyl sites for hydroxylation is 1. The van der Waals surface area contributed by atoms with Crippen LogP contribution in [0.4, 0.5) is 0 Å². The van der Waals surface area contributed by atoms with Gasteiger partial charge in [0.25, 0.3) is 0 Å². The van der Waals surface area contributed by atoms with E-state index in [2.05, 4.69) is 0 Å². The van der Waals surface area contributed by atoms with E-state index in [0.29, 0.717) is 33.0 Å². The third-order valence-corrected chi connectivity index (χ3v) is 4.01. The van der Waals surface area contributed by atoms with Crippen LogP contribution >= 0.6 is 11.6 Å². The van der Waals surface area contributed by atoms with Crippen molar-refractivity contribution < 1.29 is 14.3 Å². The number of rotatable bonds is 4. The minimum atomic E-state index is -0.470. The Morgan fingerprint density at radius 2 is 1.44 bits per heavy atom. The standard InChI is InChI=1S/C21H15ClO3/c1-14-13-17(20(23)15-5-3-2-4-6-15)9-12-19(14)25-21(24)16-7-10-18(22)11-8-16/h2-13H,1H3. The Bertz CT molecular complexity index is 916. The maximum Gasteiger partial charge on any atom is 0.343 e. The summed E-state index contributed by atoms with van der Waals surface area (Å²) in [6, 6.07) is 20.5. The van der Waals surface area contributed by atoms with E-state index in [1.54, 1.807) is 61.5 Å². The monoisotopic (exact) mass is 350 g/mol. The van der Waals surface area contributed by atoms with Crippen molar-refractivity contribution in [3.8, 4) is 5.75 Å². The lowest BCUT2D eigenvalue weighted by molar-refractivity contribution is 0.0733. The molecular weight excluding hydrogens is 336 g/mol. The van der Waals surface area contributed by atoms with E-state index in [4.69, 9.17) is 16.3 Å². The first-order chi connectivity index (χ1) is 12.0. The Kier molecular flexibility index (Phi) is 4.96. The quantitative estimate of drug-likeness (QED) is 0.373. The van der Waals surface area contributed by atoms with Gasteiger partial charge in [-0.2, -0.15) is 0 Å². The predicted molar refractivity (Wildman–Crippen MR) is 97.5 cm³/mol. The Morgan fingerprint density at radius 1 is 0.800 bits per heavy atom. The van der Waals surface area contributed by atoms with Gasteiger partial charge in [0.05, 0.1) is 5.56 Å². The lowest BCUT2D eigenvalue weighted by Gasteiger charge is -2.09. The van der Waals surface area contributed by atoms with Gasteiger partial charge in [0, 0.05) is 16.1 Å². The fourth-order valence-corrected chi connectivity index (χ4v) is 2.53. The maximum absolute atomic E-state index is 12.5. The average Bonchev–Trinajstić information content (AvgIpc) is 2.64. The minimum Gasteiger partial charge on any atom is -0.423 e. The highest BCUT2D eigenvalue weighted by Crippen LogP contribution is 2.22. The summed E-state index contributed by atoms with van der Waals surface area (Å²) in [5.74, 6) is -0.120. The van der Waals surface area contributed by atoms with E-state index >= 15 is 0 Å². The summed E-state index contributed by atoms with van der Waals surface area (Å²) in [5, 5.41) is 0.552. The number of benzene rings is 3. The second-order valence-electron chi connectivity index (χ2n) is 5.57. The maximum atomic E-state index is 12.5. The zero-order chi connectivity index (χ0) is 17.8. The molecule has 3 aromatic rings. The molecule has 0 aliphatic carbocycles. The average molecular weight is 351 g/mol. The molecule has 0 aromatic heterocycles. The van der Waals surface area contributed by atoms with Crippen molar-refractivity contribution in [2.75, 3.05) is 0 Å². The summed E-state index contributed by atoms with van der Waals surface area (Å²) in [5.41, 5.74) is 2.29. The number of carbonyl (C=O) groups is 2. The zero-order valence-corrected chi connectivity index (χ0v) is 14.3. The summed E-state index contributed by atoms with van der Waals surface area (Å²) >= 11 is 5.82. The molecule has 0 unspecified atom stereocenters. The number of ketones is 1. The molecule has 0 saturated carbocycles. The molecular formula is C21H15ClO3. The van der Waals surface area contributed by atoms with E-state index < -0.39 is 5.97 Å². The molecule has 3 nitrogen and oxygen atoms in total. The number of ether oxygens (including phenoxy) is 1. The van der Waals surface area contributed by atoms with Crippen LogP contribution in [0.15, 0.2) is 72.8 Å². The van der Waals surface area contributed by atoms with Gasteiger partial charge in [-0.3, -0.25) is 4.79 Å². The van der Waals surface area contributed by atoms with Crippen molar-refractivity contribution in [1.82, 2.24) is 0 Å². The Hall–Kier alpha value is -2.91. The number of hydrogen-bond donors (Lipinski definition) is 0. The summed E-state index contributed by atoms with van der Waals surface area (Å²) < 4.78 is 5.42. The molecule has 124 valence electrons. The third kappa shape index (κ3) is 3.95. The first-order valence-electron chi connectivity index (χ1n) is 7.73. The lowest BCUT2D eigenvalue weighted by atomic mass is 10.0. The molecule has 0 bridgehead atoms. The Morgan fingerprint density at radius 3 is 2.08 bits per heavy atom. The van der Waals surface area contributed by atoms with Crippen molar-refractivity contribution >= 4 is 23.4 Å². The Labute approximate surface area is 150 Å². The molecule has 25 heavy (non-hydrogen) atoms. The van der Waals surface area contributed by atoms with Gasteiger partial charge in [0.1, 0.15) is 5.75 Å². The molecule has 0 aliphatic heterocycles. The molecule has 0 aliphatic rings. The molecule has 0 N–H and O–H groups in total. The van der Waals surface area contributed by atoms with Crippen LogP contribution in [0.2, 0.25) is 5.02 Å². The van der Waals surface area contributed by atoms with E-state index in [1.165, 1.54) is 0 Å². The summed E-state index contributed by atoms with van der Waals surface area (Å²) in [6.07, 6.45) is 0. The van der Waals surface area contributed by atoms with Gasteiger partial charge in [0.2, 0.25) is 0 Å². The molecule has 0 amide bonds. The Balaban J connectivity index is 1.79. The van der Waals surface area contributed by atoms with E-state index in [1.807, 2.05) is 18.2 Å². The fraction of sp³-hybridized carbons (Fsp3) is 0.0476. The van der Waals surface area contributed by atoms with E-state index in [9.17, 15) is 9.59 Å². The first kappa shape index (κ1) is 16.9. The second kappa shape index (κ2) is 7.32. The normalized spacial score (nSPS) is 10.3. The highest BCUT2D eigenvalue weighted by atomic mass is 35.5. The molecule has 0 spiro atoms. The van der Waals surface area contributed by atoms with Crippen molar-refractivity contribution in [3.63, 3.8) is 0 Å². The molecule has 0 atom stereocenters. The van der Waals surface area contributed by atoms with Crippen LogP contribution in [0.1, 0.15) is 31.8 Å². The van der Waals surface area contributed by atoms with Gasteiger partial charge >= 0.3 is 5.97 Å². The molecule has 0 radical (unpaired) electrons. The largest absolute Gasteiger partial charge is 0.423 e. The molecule has 0 fully saturated rings. The zero-order valence-electron chi connectivity index (χ0n) is 13.5. The van der Waals surface area contributed by atoms with Gasteiger partial charge in [-0.05, 0) is 55.0 Å². The van der Waals surface area contributed by atoms with Crippen molar-refractivity contribution in [1.29, 1.82) is 0 Å². The lowest BCUT2D eigenvalue weighted by Crippen LogP contribution is -2.10. The topological polar surface area (TPSA) is 43.4 Å². The van der Waals surface area contributed by atoms with Crippen LogP contribution in [-0.2, 0) is 0 Å². The molecule has 0 saturated heterocycles. The number of esters is 1. The van der Waals surface area contributed by atoms with Crippen molar-refractivity contribution in [2.45, 2.75) is 6.92 Å². The predicted octanol–water partition coefficient (Wildman–Crippen LogP) is 5.10. The highest BCUT2D eigenvalue weighted by Gasteiger charge is 2.13. The van der Waals surface area contributed by atoms with Crippen LogP contribution in [0.3, 0.4) is 0 Å². The molecule has 4 heteroatoms. The van der Waals surface area contributed by atoms with Crippen LogP contribution in [0.25, 0.3) is 0 Å². The highest BCUT2D eigenvalue weighted by molar-refractivity contribution is 6.30. The summed E-state index contributed by atoms with van der Waals surface area (Å²) in [6.45, 7) is 1.80. The minimum absolute atomic E-state index is 0.0701. The number of hydrogen-bond acceptors (Lipinski definition) is 3. The van der Waals surface area contributed by atoms with Crippen LogP contribution < -0.4 is 4.74 Å². The summed E-state index contributed by atoms with van der Waals surface area (Å²) in [7, 11) is 0. The number of halogens is 1. The molecule has 0 heterocycles. The van der Waals surface area contributed by atoms with Crippen molar-refractivity contribution in [2.24, 2.45) is 0 Å². The van der Waals surface area contributed by atoms with E-state index in [-0.39, 0.29) is 5.78 Å². The van der Waals surface area contributed by atoms with E-state index in [0.717, 1.165) is 0 Å². The smallest absolute Gasteiger partial charge is 0.343 e. The van der Waals surface area contributed by atoms with Crippen LogP contribution in [0, 0.1) is 6.92 Å².